The average Bonchev–Trinajstić information content (AvgIpc) is 3.11. The standard InChI is InChI=1S/C13H16N4O3S/c1-3-8(18)11-10(14)9(13(19)20-2)12(21-11)15-4-7-5-16-17-6-7/h5-6,15H,3-4,14H2,1-2H3,(H,16,17). The van der Waals surface area contributed by atoms with E-state index < -0.39 is 5.97 Å². The lowest BCUT2D eigenvalue weighted by Gasteiger charge is -2.05. The second kappa shape index (κ2) is 6.40. The molecule has 0 bridgehead atoms. The Bertz CT molecular complexity index is 649. The Morgan fingerprint density at radius 3 is 2.86 bits per heavy atom. The molecule has 0 aliphatic rings. The van der Waals surface area contributed by atoms with Gasteiger partial charge in [0, 0.05) is 24.7 Å². The van der Waals surface area contributed by atoms with Gasteiger partial charge in [-0.3, -0.25) is 9.89 Å². The van der Waals surface area contributed by atoms with Crippen molar-refractivity contribution < 1.29 is 14.3 Å². The molecule has 2 heterocycles. The minimum absolute atomic E-state index is 0.0981. The second-order valence-electron chi connectivity index (χ2n) is 4.28. The van der Waals surface area contributed by atoms with Crippen LogP contribution in [0.3, 0.4) is 0 Å². The van der Waals surface area contributed by atoms with Crippen molar-refractivity contribution in [3.8, 4) is 0 Å². The van der Waals surface area contributed by atoms with Crippen molar-refractivity contribution in [1.82, 2.24) is 10.2 Å². The molecule has 2 rings (SSSR count). The number of nitrogen functional groups attached to an aromatic ring is 1. The highest BCUT2D eigenvalue weighted by Gasteiger charge is 2.25. The molecular formula is C13H16N4O3S. The predicted octanol–water partition coefficient (Wildman–Crippen LogP) is 2.04. The van der Waals surface area contributed by atoms with E-state index in [0.29, 0.717) is 22.8 Å². The molecule has 0 aliphatic heterocycles. The summed E-state index contributed by atoms with van der Waals surface area (Å²) in [5.41, 5.74) is 7.24. The van der Waals surface area contributed by atoms with Crippen LogP contribution in [0.15, 0.2) is 12.4 Å². The van der Waals surface area contributed by atoms with Gasteiger partial charge in [0.1, 0.15) is 10.6 Å². The number of carbonyl (C=O) groups is 2. The third kappa shape index (κ3) is 3.05. The maximum absolute atomic E-state index is 11.9. The van der Waals surface area contributed by atoms with Gasteiger partial charge in [0.25, 0.3) is 0 Å². The number of hydrogen-bond donors (Lipinski definition) is 3. The first kappa shape index (κ1) is 15.0. The molecule has 2 aromatic heterocycles. The van der Waals surface area contributed by atoms with Crippen molar-refractivity contribution in [1.29, 1.82) is 0 Å². The number of nitrogens with zero attached hydrogens (tertiary/aromatic N) is 1. The number of methoxy groups -OCH3 is 1. The largest absolute Gasteiger partial charge is 0.465 e. The number of H-pyrrole nitrogens is 1. The summed E-state index contributed by atoms with van der Waals surface area (Å²) in [7, 11) is 1.28. The van der Waals surface area contributed by atoms with Gasteiger partial charge < -0.3 is 15.8 Å². The van der Waals surface area contributed by atoms with Crippen molar-refractivity contribution in [3.63, 3.8) is 0 Å². The van der Waals surface area contributed by atoms with Crippen LogP contribution in [-0.2, 0) is 11.3 Å². The Labute approximate surface area is 125 Å². The molecule has 21 heavy (non-hydrogen) atoms. The highest BCUT2D eigenvalue weighted by Crippen LogP contribution is 2.37. The van der Waals surface area contributed by atoms with Gasteiger partial charge in [0.2, 0.25) is 0 Å². The van der Waals surface area contributed by atoms with Gasteiger partial charge in [0.05, 0.1) is 23.9 Å². The molecule has 0 radical (unpaired) electrons. The third-order valence-electron chi connectivity index (χ3n) is 2.92. The van der Waals surface area contributed by atoms with Gasteiger partial charge in [-0.1, -0.05) is 6.92 Å². The Balaban J connectivity index is 2.33. The molecule has 0 aromatic carbocycles. The lowest BCUT2D eigenvalue weighted by molar-refractivity contribution is 0.0603. The van der Waals surface area contributed by atoms with Crippen LogP contribution in [-0.4, -0.2) is 29.1 Å². The summed E-state index contributed by atoms with van der Waals surface area (Å²) in [6, 6.07) is 0. The third-order valence-corrected chi connectivity index (χ3v) is 4.12. The molecule has 0 fully saturated rings. The van der Waals surface area contributed by atoms with Gasteiger partial charge in [0.15, 0.2) is 5.78 Å². The molecule has 0 aliphatic carbocycles. The number of ketones is 1. The van der Waals surface area contributed by atoms with Crippen LogP contribution < -0.4 is 11.1 Å². The molecule has 2 aromatic rings. The first-order chi connectivity index (χ1) is 10.1. The summed E-state index contributed by atoms with van der Waals surface area (Å²) in [4.78, 5) is 24.1. The summed E-state index contributed by atoms with van der Waals surface area (Å²) in [6.07, 6.45) is 3.73. The van der Waals surface area contributed by atoms with E-state index >= 15 is 0 Å². The Morgan fingerprint density at radius 1 is 1.52 bits per heavy atom. The highest BCUT2D eigenvalue weighted by molar-refractivity contribution is 7.19. The topological polar surface area (TPSA) is 110 Å². The van der Waals surface area contributed by atoms with E-state index in [1.54, 1.807) is 19.3 Å². The zero-order valence-electron chi connectivity index (χ0n) is 11.7. The van der Waals surface area contributed by atoms with Crippen molar-refractivity contribution >= 4 is 33.8 Å². The molecule has 0 saturated carbocycles. The molecule has 8 heteroatoms. The number of rotatable bonds is 6. The number of esters is 1. The van der Waals surface area contributed by atoms with Crippen LogP contribution in [0.4, 0.5) is 10.7 Å². The first-order valence-electron chi connectivity index (χ1n) is 6.33. The molecular weight excluding hydrogens is 292 g/mol. The Kier molecular flexibility index (Phi) is 4.59. The number of nitrogens with two attached hydrogens (primary N) is 1. The molecule has 0 atom stereocenters. The van der Waals surface area contributed by atoms with Crippen LogP contribution >= 0.6 is 11.3 Å². The van der Waals surface area contributed by atoms with E-state index in [9.17, 15) is 9.59 Å². The second-order valence-corrected chi connectivity index (χ2v) is 5.30. The number of aromatic amines is 1. The van der Waals surface area contributed by atoms with E-state index in [1.165, 1.54) is 18.4 Å². The first-order valence-corrected chi connectivity index (χ1v) is 7.15. The van der Waals surface area contributed by atoms with Gasteiger partial charge in [-0.05, 0) is 0 Å². The minimum Gasteiger partial charge on any atom is -0.465 e. The quantitative estimate of drug-likeness (QED) is 0.556. The lowest BCUT2D eigenvalue weighted by atomic mass is 10.1. The van der Waals surface area contributed by atoms with Gasteiger partial charge in [-0.2, -0.15) is 5.10 Å². The molecule has 112 valence electrons. The Hall–Kier alpha value is -2.35. The fourth-order valence-electron chi connectivity index (χ4n) is 1.80. The smallest absolute Gasteiger partial charge is 0.343 e. The fraction of sp³-hybridized carbons (Fsp3) is 0.308. The number of aromatic nitrogens is 2. The minimum atomic E-state index is -0.561. The van der Waals surface area contributed by atoms with E-state index in [0.717, 1.165) is 5.56 Å². The van der Waals surface area contributed by atoms with Crippen molar-refractivity contribution in [2.75, 3.05) is 18.2 Å². The zero-order valence-corrected chi connectivity index (χ0v) is 12.5. The summed E-state index contributed by atoms with van der Waals surface area (Å²) in [5, 5.41) is 10.2. The van der Waals surface area contributed by atoms with Gasteiger partial charge in [-0.25, -0.2) is 4.79 Å². The predicted molar refractivity (Wildman–Crippen MR) is 80.6 cm³/mol. The lowest BCUT2D eigenvalue weighted by Crippen LogP contribution is -2.08. The fourth-order valence-corrected chi connectivity index (χ4v) is 2.91. The van der Waals surface area contributed by atoms with Crippen molar-refractivity contribution in [2.45, 2.75) is 19.9 Å². The van der Waals surface area contributed by atoms with E-state index in [-0.39, 0.29) is 17.0 Å². The van der Waals surface area contributed by atoms with Crippen LogP contribution in [0.25, 0.3) is 0 Å². The number of nitrogens with one attached hydrogen (secondary N) is 2. The number of hydrogen-bond acceptors (Lipinski definition) is 7. The molecule has 0 unspecified atom stereocenters. The molecule has 7 nitrogen and oxygen atoms in total. The average molecular weight is 308 g/mol. The van der Waals surface area contributed by atoms with Gasteiger partial charge in [-0.15, -0.1) is 11.3 Å². The molecule has 0 amide bonds. The van der Waals surface area contributed by atoms with Crippen LogP contribution in [0.1, 0.15) is 38.9 Å². The van der Waals surface area contributed by atoms with E-state index in [2.05, 4.69) is 15.5 Å². The maximum atomic E-state index is 11.9. The molecule has 0 spiro atoms. The number of anilines is 2. The van der Waals surface area contributed by atoms with Crippen molar-refractivity contribution in [3.05, 3.63) is 28.4 Å². The van der Waals surface area contributed by atoms with Crippen LogP contribution in [0.5, 0.6) is 0 Å². The van der Waals surface area contributed by atoms with Crippen LogP contribution in [0, 0.1) is 0 Å². The van der Waals surface area contributed by atoms with E-state index in [1.807, 2.05) is 0 Å². The number of carbonyl (C=O) groups excluding carboxylic acids is 2. The summed E-state index contributed by atoms with van der Waals surface area (Å²) >= 11 is 1.17. The summed E-state index contributed by atoms with van der Waals surface area (Å²) in [5.74, 6) is -0.660. The van der Waals surface area contributed by atoms with Crippen molar-refractivity contribution in [2.24, 2.45) is 0 Å². The zero-order chi connectivity index (χ0) is 15.4. The molecule has 4 N–H and O–H groups in total. The molecule has 0 saturated heterocycles. The monoisotopic (exact) mass is 308 g/mol. The van der Waals surface area contributed by atoms with Crippen LogP contribution in [0.2, 0.25) is 0 Å². The SMILES string of the molecule is CCC(=O)c1sc(NCc2cn[nH]c2)c(C(=O)OC)c1N. The Morgan fingerprint density at radius 2 is 2.29 bits per heavy atom. The number of Topliss-reactive ketones (excluding diaryl/α,β-unsaturated/α-hetero) is 1. The summed E-state index contributed by atoms with van der Waals surface area (Å²) in [6.45, 7) is 2.21. The highest BCUT2D eigenvalue weighted by atomic mass is 32.1. The number of ether oxygens (including phenoxy) is 1. The number of thiophene rings is 1. The van der Waals surface area contributed by atoms with Gasteiger partial charge >= 0.3 is 5.97 Å². The summed E-state index contributed by atoms with van der Waals surface area (Å²) < 4.78 is 4.74. The van der Waals surface area contributed by atoms with E-state index in [4.69, 9.17) is 10.5 Å². The maximum Gasteiger partial charge on any atom is 0.343 e. The normalized spacial score (nSPS) is 10.4.